The third-order valence-electron chi connectivity index (χ3n) is 5.06. The summed E-state index contributed by atoms with van der Waals surface area (Å²) in [6.07, 6.45) is 1.71. The van der Waals surface area contributed by atoms with E-state index < -0.39 is 15.6 Å². The molecule has 2 heterocycles. The molecular formula is C23H24N4O4S. The Labute approximate surface area is 186 Å². The third kappa shape index (κ3) is 4.38. The van der Waals surface area contributed by atoms with Gasteiger partial charge in [-0.15, -0.1) is 4.40 Å². The Balaban J connectivity index is 1.51. The Hall–Kier alpha value is -3.59. The summed E-state index contributed by atoms with van der Waals surface area (Å²) < 4.78 is 33.3. The van der Waals surface area contributed by atoms with Crippen molar-refractivity contribution in [1.82, 2.24) is 5.32 Å². The number of anilines is 1. The number of carbonyl (C=O) groups excluding carboxylic acids is 1. The highest BCUT2D eigenvalue weighted by molar-refractivity contribution is 7.89. The maximum atomic E-state index is 13.1. The van der Waals surface area contributed by atoms with Gasteiger partial charge in [0.25, 0.3) is 15.9 Å². The van der Waals surface area contributed by atoms with Crippen LogP contribution >= 0.6 is 0 Å². The number of rotatable bonds is 5. The van der Waals surface area contributed by atoms with Gasteiger partial charge in [0, 0.05) is 16.9 Å². The lowest BCUT2D eigenvalue weighted by Crippen LogP contribution is -2.48. The normalized spacial score (nSPS) is 16.6. The molecule has 2 aromatic rings. The van der Waals surface area contributed by atoms with Crippen LogP contribution in [0.15, 0.2) is 65.2 Å². The fourth-order valence-electron chi connectivity index (χ4n) is 3.68. The Morgan fingerprint density at radius 1 is 1.25 bits per heavy atom. The minimum Gasteiger partial charge on any atom is -0.490 e. The Morgan fingerprint density at radius 2 is 2.00 bits per heavy atom. The first-order valence-electron chi connectivity index (χ1n) is 9.97. The minimum atomic E-state index is -3.63. The van der Waals surface area contributed by atoms with Gasteiger partial charge in [-0.3, -0.25) is 4.79 Å². The SMILES string of the molecule is C=C1C=C(C(=O)NC(C)(C)COc2cccc3c2C(N)=NS(=O)(=O)C3)c2ccccc2N1. The van der Waals surface area contributed by atoms with Crippen LogP contribution in [0.25, 0.3) is 5.57 Å². The number of fused-ring (bicyclic) bond motifs is 2. The van der Waals surface area contributed by atoms with Crippen LogP contribution in [-0.4, -0.2) is 32.3 Å². The van der Waals surface area contributed by atoms with Gasteiger partial charge in [-0.2, -0.15) is 0 Å². The van der Waals surface area contributed by atoms with E-state index in [0.717, 1.165) is 11.3 Å². The van der Waals surface area contributed by atoms with Crippen molar-refractivity contribution < 1.29 is 17.9 Å². The molecule has 4 rings (SSSR count). The van der Waals surface area contributed by atoms with Gasteiger partial charge in [-0.05, 0) is 37.6 Å². The summed E-state index contributed by atoms with van der Waals surface area (Å²) >= 11 is 0. The minimum absolute atomic E-state index is 0.0985. The lowest BCUT2D eigenvalue weighted by atomic mass is 9.97. The zero-order chi connectivity index (χ0) is 23.1. The van der Waals surface area contributed by atoms with E-state index in [4.69, 9.17) is 10.5 Å². The standard InChI is InChI=1S/C23H24N4O4S/c1-14-11-17(16-8-4-5-9-18(16)25-14)22(28)26-23(2,3)13-31-19-10-6-7-15-12-32(29,30)27-21(24)20(15)19/h4-11,25H,1,12-13H2,2-3H3,(H2,24,27)(H,26,28). The molecule has 0 spiro atoms. The first kappa shape index (κ1) is 21.6. The van der Waals surface area contributed by atoms with Crippen molar-refractivity contribution in [2.75, 3.05) is 11.9 Å². The van der Waals surface area contributed by atoms with E-state index in [1.807, 2.05) is 38.1 Å². The number of benzene rings is 2. The quantitative estimate of drug-likeness (QED) is 0.641. The molecule has 0 radical (unpaired) electrons. The van der Waals surface area contributed by atoms with Crippen molar-refractivity contribution in [3.8, 4) is 5.75 Å². The number of amidine groups is 1. The van der Waals surface area contributed by atoms with Gasteiger partial charge in [0.05, 0.1) is 22.4 Å². The Bertz CT molecular complexity index is 1290. The average molecular weight is 453 g/mol. The predicted octanol–water partition coefficient (Wildman–Crippen LogP) is 2.53. The predicted molar refractivity (Wildman–Crippen MR) is 125 cm³/mol. The second kappa shape index (κ2) is 7.83. The first-order valence-corrected chi connectivity index (χ1v) is 11.6. The molecule has 2 aliphatic heterocycles. The summed E-state index contributed by atoms with van der Waals surface area (Å²) in [4.78, 5) is 13.1. The van der Waals surface area contributed by atoms with E-state index in [1.165, 1.54) is 0 Å². The van der Waals surface area contributed by atoms with Gasteiger partial charge < -0.3 is 21.1 Å². The summed E-state index contributed by atoms with van der Waals surface area (Å²) in [5.41, 5.74) is 8.91. The summed E-state index contributed by atoms with van der Waals surface area (Å²) in [6.45, 7) is 7.72. The lowest BCUT2D eigenvalue weighted by molar-refractivity contribution is -0.117. The van der Waals surface area contributed by atoms with Gasteiger partial charge >= 0.3 is 0 Å². The van der Waals surface area contributed by atoms with Crippen molar-refractivity contribution in [3.05, 3.63) is 77.5 Å². The van der Waals surface area contributed by atoms with E-state index in [9.17, 15) is 13.2 Å². The molecule has 0 saturated carbocycles. The number of hydrogen-bond acceptors (Lipinski definition) is 6. The van der Waals surface area contributed by atoms with Crippen LogP contribution in [0.4, 0.5) is 5.69 Å². The molecular weight excluding hydrogens is 428 g/mol. The maximum Gasteiger partial charge on any atom is 0.259 e. The molecule has 32 heavy (non-hydrogen) atoms. The largest absolute Gasteiger partial charge is 0.490 e. The summed E-state index contributed by atoms with van der Waals surface area (Å²) in [6, 6.07) is 12.6. The number of allylic oxidation sites excluding steroid dienone is 1. The Kier molecular flexibility index (Phi) is 5.29. The number of ether oxygens (including phenoxy) is 1. The molecule has 0 fully saturated rings. The zero-order valence-electron chi connectivity index (χ0n) is 17.8. The number of sulfonamides is 1. The van der Waals surface area contributed by atoms with Crippen LogP contribution in [0, 0.1) is 0 Å². The number of para-hydroxylation sites is 1. The molecule has 4 N–H and O–H groups in total. The molecule has 0 unspecified atom stereocenters. The molecule has 0 aromatic heterocycles. The van der Waals surface area contributed by atoms with Crippen LogP contribution < -0.4 is 21.1 Å². The highest BCUT2D eigenvalue weighted by atomic mass is 32.2. The second-order valence-corrected chi connectivity index (χ2v) is 10.0. The molecule has 166 valence electrons. The van der Waals surface area contributed by atoms with Gasteiger partial charge in [0.15, 0.2) is 0 Å². The van der Waals surface area contributed by atoms with Crippen molar-refractivity contribution in [3.63, 3.8) is 0 Å². The highest BCUT2D eigenvalue weighted by Gasteiger charge is 2.29. The number of amides is 1. The van der Waals surface area contributed by atoms with Crippen LogP contribution in [0.2, 0.25) is 0 Å². The molecule has 9 heteroatoms. The zero-order valence-corrected chi connectivity index (χ0v) is 18.6. The first-order chi connectivity index (χ1) is 15.0. The highest BCUT2D eigenvalue weighted by Crippen LogP contribution is 2.31. The van der Waals surface area contributed by atoms with Gasteiger partial charge in [-0.25, -0.2) is 8.42 Å². The number of nitrogens with two attached hydrogens (primary N) is 1. The van der Waals surface area contributed by atoms with E-state index >= 15 is 0 Å². The molecule has 0 bridgehead atoms. The van der Waals surface area contributed by atoms with Gasteiger partial charge in [0.2, 0.25) is 0 Å². The van der Waals surface area contributed by atoms with Crippen molar-refractivity contribution in [2.45, 2.75) is 25.1 Å². The second-order valence-electron chi connectivity index (χ2n) is 8.37. The lowest BCUT2D eigenvalue weighted by Gasteiger charge is -2.29. The van der Waals surface area contributed by atoms with Crippen LogP contribution in [0.1, 0.15) is 30.5 Å². The van der Waals surface area contributed by atoms with E-state index in [1.54, 1.807) is 24.3 Å². The molecule has 0 aliphatic carbocycles. The van der Waals surface area contributed by atoms with Crippen molar-refractivity contribution >= 4 is 33.0 Å². The van der Waals surface area contributed by atoms with Gasteiger partial charge in [0.1, 0.15) is 18.2 Å². The summed E-state index contributed by atoms with van der Waals surface area (Å²) in [5.74, 6) is -0.165. The maximum absolute atomic E-state index is 13.1. The average Bonchev–Trinajstić information content (AvgIpc) is 2.70. The summed E-state index contributed by atoms with van der Waals surface area (Å²) in [5, 5.41) is 6.16. The molecule has 0 saturated heterocycles. The van der Waals surface area contributed by atoms with Crippen LogP contribution in [0.3, 0.4) is 0 Å². The van der Waals surface area contributed by atoms with E-state index in [-0.39, 0.29) is 24.1 Å². The van der Waals surface area contributed by atoms with Crippen molar-refractivity contribution in [1.29, 1.82) is 0 Å². The monoisotopic (exact) mass is 452 g/mol. The molecule has 0 atom stereocenters. The summed E-state index contributed by atoms with van der Waals surface area (Å²) in [7, 11) is -3.63. The number of nitrogens with one attached hydrogen (secondary N) is 2. The van der Waals surface area contributed by atoms with Crippen LogP contribution in [-0.2, 0) is 20.6 Å². The third-order valence-corrected chi connectivity index (χ3v) is 6.21. The Morgan fingerprint density at radius 3 is 2.78 bits per heavy atom. The van der Waals surface area contributed by atoms with E-state index in [0.29, 0.717) is 28.1 Å². The molecule has 1 amide bonds. The number of hydrogen-bond donors (Lipinski definition) is 3. The number of carbonyl (C=O) groups is 1. The number of nitrogens with zero attached hydrogens (tertiary/aromatic N) is 1. The van der Waals surface area contributed by atoms with E-state index in [2.05, 4.69) is 21.6 Å². The topological polar surface area (TPSA) is 123 Å². The van der Waals surface area contributed by atoms with Crippen LogP contribution in [0.5, 0.6) is 5.75 Å². The van der Waals surface area contributed by atoms with Crippen molar-refractivity contribution in [2.24, 2.45) is 10.1 Å². The molecule has 2 aliphatic rings. The molecule has 8 nitrogen and oxygen atoms in total. The fraction of sp³-hybridized carbons (Fsp3) is 0.217. The fourth-order valence-corrected chi connectivity index (χ4v) is 4.77. The smallest absolute Gasteiger partial charge is 0.259 e. The van der Waals surface area contributed by atoms with Gasteiger partial charge in [-0.1, -0.05) is 36.9 Å². The molecule has 2 aromatic carbocycles.